The van der Waals surface area contributed by atoms with Crippen molar-refractivity contribution in [2.75, 3.05) is 20.3 Å². The minimum Gasteiger partial charge on any atom is -0.488 e. The lowest BCUT2D eigenvalue weighted by molar-refractivity contribution is 0.0675. The molecule has 0 radical (unpaired) electrons. The Morgan fingerprint density at radius 1 is 1.36 bits per heavy atom. The van der Waals surface area contributed by atoms with Crippen molar-refractivity contribution in [3.05, 3.63) is 64.4 Å². The molecule has 4 rings (SSSR count). The summed E-state index contributed by atoms with van der Waals surface area (Å²) in [5.41, 5.74) is 1.50. The van der Waals surface area contributed by atoms with Crippen LogP contribution in [0.2, 0.25) is 0 Å². The summed E-state index contributed by atoms with van der Waals surface area (Å²) in [5, 5.41) is 6.55. The van der Waals surface area contributed by atoms with E-state index < -0.39 is 0 Å². The summed E-state index contributed by atoms with van der Waals surface area (Å²) in [6.07, 6.45) is 4.17. The third kappa shape index (κ3) is 4.23. The van der Waals surface area contributed by atoms with E-state index in [0.717, 1.165) is 22.7 Å². The largest absolute Gasteiger partial charge is 0.488 e. The van der Waals surface area contributed by atoms with Crippen LogP contribution in [0.3, 0.4) is 0 Å². The van der Waals surface area contributed by atoms with Crippen molar-refractivity contribution >= 4 is 17.2 Å². The summed E-state index contributed by atoms with van der Waals surface area (Å²) in [7, 11) is 1.64. The fourth-order valence-corrected chi connectivity index (χ4v) is 3.99. The Morgan fingerprint density at radius 3 is 2.93 bits per heavy atom. The van der Waals surface area contributed by atoms with Gasteiger partial charge in [-0.15, -0.1) is 11.3 Å². The molecule has 28 heavy (non-hydrogen) atoms. The molecule has 0 N–H and O–H groups in total. The molecule has 1 amide bonds. The van der Waals surface area contributed by atoms with Crippen LogP contribution in [0.25, 0.3) is 0 Å². The van der Waals surface area contributed by atoms with Crippen molar-refractivity contribution in [1.82, 2.24) is 19.7 Å². The number of hydrogen-bond acceptors (Lipinski definition) is 6. The number of thiophene rings is 1. The highest BCUT2D eigenvalue weighted by atomic mass is 32.1. The van der Waals surface area contributed by atoms with Gasteiger partial charge >= 0.3 is 0 Å². The third-order valence-electron chi connectivity index (χ3n) is 4.63. The quantitative estimate of drug-likeness (QED) is 0.583. The Hall–Kier alpha value is -2.71. The highest BCUT2D eigenvalue weighted by Crippen LogP contribution is 2.22. The lowest BCUT2D eigenvalue weighted by Gasteiger charge is -2.20. The van der Waals surface area contributed by atoms with Gasteiger partial charge in [0.1, 0.15) is 11.9 Å². The lowest BCUT2D eigenvalue weighted by Crippen LogP contribution is -2.33. The van der Waals surface area contributed by atoms with E-state index in [-0.39, 0.29) is 12.0 Å². The molecule has 0 aromatic carbocycles. The number of methoxy groups -OCH3 is 1. The average Bonchev–Trinajstić information content (AvgIpc) is 3.42. The Morgan fingerprint density at radius 2 is 2.21 bits per heavy atom. The van der Waals surface area contributed by atoms with E-state index in [9.17, 15) is 4.79 Å². The van der Waals surface area contributed by atoms with Crippen molar-refractivity contribution in [2.24, 2.45) is 0 Å². The zero-order valence-corrected chi connectivity index (χ0v) is 16.5. The van der Waals surface area contributed by atoms with Gasteiger partial charge in [0.2, 0.25) is 0 Å². The highest BCUT2D eigenvalue weighted by molar-refractivity contribution is 7.09. The molecule has 1 aliphatic rings. The van der Waals surface area contributed by atoms with E-state index in [1.807, 2.05) is 40.4 Å². The summed E-state index contributed by atoms with van der Waals surface area (Å²) in [5.74, 6) is 0.725. The maximum Gasteiger partial charge on any atom is 0.274 e. The molecule has 0 saturated heterocycles. The summed E-state index contributed by atoms with van der Waals surface area (Å²) in [6.45, 7) is 2.22. The van der Waals surface area contributed by atoms with Crippen LogP contribution in [0, 0.1) is 0 Å². The molecule has 7 nitrogen and oxygen atoms in total. The number of aromatic nitrogens is 3. The molecule has 0 saturated carbocycles. The zero-order chi connectivity index (χ0) is 19.3. The first-order valence-corrected chi connectivity index (χ1v) is 10.0. The normalized spacial score (nSPS) is 15.4. The van der Waals surface area contributed by atoms with Gasteiger partial charge in [-0.3, -0.25) is 14.5 Å². The van der Waals surface area contributed by atoms with Crippen LogP contribution in [0.4, 0.5) is 0 Å². The van der Waals surface area contributed by atoms with Crippen LogP contribution in [-0.2, 0) is 24.2 Å². The Bertz CT molecular complexity index is 887. The van der Waals surface area contributed by atoms with E-state index >= 15 is 0 Å². The Kier molecular flexibility index (Phi) is 5.68. The van der Waals surface area contributed by atoms with Gasteiger partial charge in [0.15, 0.2) is 5.69 Å². The molecule has 1 atom stereocenters. The standard InChI is InChI=1S/C20H22N4O3S/c1-26-9-8-23(14-18-3-2-10-28-18)20(25)19-12-15-11-17(13-24(15)22-19)27-16-4-6-21-7-5-16/h2-7,10,12,17H,8-9,11,13-14H2,1H3/t17-/m0/s1. The lowest BCUT2D eigenvalue weighted by atomic mass is 10.2. The Balaban J connectivity index is 1.42. The predicted octanol–water partition coefficient (Wildman–Crippen LogP) is 2.63. The minimum atomic E-state index is -0.0704. The number of hydrogen-bond donors (Lipinski definition) is 0. The third-order valence-corrected chi connectivity index (χ3v) is 5.49. The van der Waals surface area contributed by atoms with Crippen LogP contribution < -0.4 is 4.74 Å². The minimum absolute atomic E-state index is 0.0183. The number of amides is 1. The topological polar surface area (TPSA) is 69.5 Å². The molecule has 0 aliphatic carbocycles. The number of nitrogens with zero attached hydrogens (tertiary/aromatic N) is 4. The molecule has 3 aromatic heterocycles. The maximum absolute atomic E-state index is 13.0. The molecule has 0 fully saturated rings. The van der Waals surface area contributed by atoms with Gasteiger partial charge in [-0.1, -0.05) is 6.07 Å². The van der Waals surface area contributed by atoms with E-state index in [2.05, 4.69) is 10.1 Å². The van der Waals surface area contributed by atoms with Crippen molar-refractivity contribution in [3.8, 4) is 5.75 Å². The first-order chi connectivity index (χ1) is 13.7. The molecule has 0 bridgehead atoms. The van der Waals surface area contributed by atoms with Gasteiger partial charge in [0.25, 0.3) is 5.91 Å². The van der Waals surface area contributed by atoms with Gasteiger partial charge in [-0.05, 0) is 29.6 Å². The average molecular weight is 398 g/mol. The van der Waals surface area contributed by atoms with Crippen molar-refractivity contribution in [3.63, 3.8) is 0 Å². The van der Waals surface area contributed by atoms with Crippen LogP contribution in [-0.4, -0.2) is 51.9 Å². The number of carbonyl (C=O) groups is 1. The maximum atomic E-state index is 13.0. The van der Waals surface area contributed by atoms with Gasteiger partial charge in [-0.25, -0.2) is 0 Å². The number of carbonyl (C=O) groups excluding carboxylic acids is 1. The van der Waals surface area contributed by atoms with Gasteiger partial charge in [0, 0.05) is 43.0 Å². The number of ether oxygens (including phenoxy) is 2. The fourth-order valence-electron chi connectivity index (χ4n) is 3.27. The van der Waals surface area contributed by atoms with Gasteiger partial charge in [0.05, 0.1) is 19.7 Å². The van der Waals surface area contributed by atoms with E-state index in [1.54, 1.807) is 35.7 Å². The second kappa shape index (κ2) is 8.53. The molecule has 0 unspecified atom stereocenters. The SMILES string of the molecule is COCCN(Cc1cccs1)C(=O)c1cc2n(n1)C[C@@H](Oc1ccncc1)C2. The molecular weight excluding hydrogens is 376 g/mol. The molecule has 146 valence electrons. The summed E-state index contributed by atoms with van der Waals surface area (Å²) < 4.78 is 13.0. The second-order valence-corrected chi connectivity index (χ2v) is 7.66. The molecule has 8 heteroatoms. The molecule has 3 aromatic rings. The van der Waals surface area contributed by atoms with E-state index in [0.29, 0.717) is 31.9 Å². The van der Waals surface area contributed by atoms with Crippen LogP contribution in [0.15, 0.2) is 48.1 Å². The van der Waals surface area contributed by atoms with Crippen LogP contribution in [0.5, 0.6) is 5.75 Å². The van der Waals surface area contributed by atoms with E-state index in [1.165, 1.54) is 0 Å². The van der Waals surface area contributed by atoms with Crippen molar-refractivity contribution < 1.29 is 14.3 Å². The van der Waals surface area contributed by atoms with E-state index in [4.69, 9.17) is 9.47 Å². The number of fused-ring (bicyclic) bond motifs is 1. The van der Waals surface area contributed by atoms with Crippen molar-refractivity contribution in [1.29, 1.82) is 0 Å². The molecule has 0 spiro atoms. The molecular formula is C20H22N4O3S. The van der Waals surface area contributed by atoms with Crippen LogP contribution >= 0.6 is 11.3 Å². The Labute approximate surface area is 167 Å². The van der Waals surface area contributed by atoms with Crippen molar-refractivity contribution in [2.45, 2.75) is 25.6 Å². The molecule has 1 aliphatic heterocycles. The van der Waals surface area contributed by atoms with Crippen LogP contribution in [0.1, 0.15) is 21.1 Å². The smallest absolute Gasteiger partial charge is 0.274 e. The van der Waals surface area contributed by atoms with Gasteiger partial charge in [-0.2, -0.15) is 5.10 Å². The van der Waals surface area contributed by atoms with Gasteiger partial charge < -0.3 is 14.4 Å². The first-order valence-electron chi connectivity index (χ1n) is 9.17. The summed E-state index contributed by atoms with van der Waals surface area (Å²) in [6, 6.07) is 9.59. The predicted molar refractivity (Wildman–Crippen MR) is 106 cm³/mol. The zero-order valence-electron chi connectivity index (χ0n) is 15.7. The number of rotatable bonds is 8. The summed E-state index contributed by atoms with van der Waals surface area (Å²) >= 11 is 1.64. The first kappa shape index (κ1) is 18.6. The number of pyridine rings is 1. The molecule has 4 heterocycles. The highest BCUT2D eigenvalue weighted by Gasteiger charge is 2.28. The second-order valence-electron chi connectivity index (χ2n) is 6.63. The monoisotopic (exact) mass is 398 g/mol. The fraction of sp³-hybridized carbons (Fsp3) is 0.350. The summed E-state index contributed by atoms with van der Waals surface area (Å²) in [4.78, 5) is 19.9.